The highest BCUT2D eigenvalue weighted by Crippen LogP contribution is 2.35. The number of hydrogen-bond donors (Lipinski definition) is 0. The lowest BCUT2D eigenvalue weighted by atomic mass is 10.1. The number of nitrogens with zero attached hydrogens (tertiary/aromatic N) is 4. The predicted molar refractivity (Wildman–Crippen MR) is 318 cm³/mol. The van der Waals surface area contributed by atoms with Crippen LogP contribution >= 0.6 is 0 Å². The van der Waals surface area contributed by atoms with Crippen molar-refractivity contribution in [2.45, 2.75) is 81.6 Å². The maximum atomic E-state index is 2.42. The first kappa shape index (κ1) is 48.9. The second kappa shape index (κ2) is 22.3. The second-order valence-corrected chi connectivity index (χ2v) is 17.5. The molecule has 0 amide bonds. The van der Waals surface area contributed by atoms with Gasteiger partial charge in [-0.15, -0.1) is 0 Å². The number of benzene rings is 10. The summed E-state index contributed by atoms with van der Waals surface area (Å²) in [6.45, 7) is 20.9. The van der Waals surface area contributed by atoms with Gasteiger partial charge in [0.15, 0.2) is 0 Å². The van der Waals surface area contributed by atoms with E-state index in [9.17, 15) is 0 Å². The van der Waals surface area contributed by atoms with E-state index in [1.54, 1.807) is 0 Å². The van der Waals surface area contributed by atoms with Gasteiger partial charge in [-0.25, -0.2) is 0 Å². The van der Waals surface area contributed by atoms with Gasteiger partial charge in [0, 0.05) is 113 Å². The molecular weight excluding hydrogens is 873 g/mol. The molecule has 4 heterocycles. The summed E-state index contributed by atoms with van der Waals surface area (Å²) < 4.78 is 9.56. The molecule has 0 aliphatic heterocycles. The Morgan fingerprint density at radius 1 is 0.222 bits per heavy atom. The van der Waals surface area contributed by atoms with Gasteiger partial charge in [-0.1, -0.05) is 198 Å². The van der Waals surface area contributed by atoms with E-state index < -0.39 is 0 Å². The molecule has 0 bridgehead atoms. The summed E-state index contributed by atoms with van der Waals surface area (Å²) in [7, 11) is 0. The minimum atomic E-state index is 0.998. The third-order valence-electron chi connectivity index (χ3n) is 13.9. The van der Waals surface area contributed by atoms with Crippen LogP contribution in [0.3, 0.4) is 0 Å². The molecule has 0 fully saturated rings. The van der Waals surface area contributed by atoms with Crippen molar-refractivity contribution in [3.63, 3.8) is 0 Å². The smallest absolute Gasteiger partial charge is 0.0570 e. The first-order valence-corrected chi connectivity index (χ1v) is 26.3. The van der Waals surface area contributed by atoms with Gasteiger partial charge in [-0.2, -0.15) is 0 Å². The van der Waals surface area contributed by atoms with Crippen LogP contribution < -0.4 is 0 Å². The molecule has 0 aliphatic rings. The number of fused-ring (bicyclic) bond motifs is 15. The van der Waals surface area contributed by atoms with Crippen LogP contribution in [-0.2, 0) is 26.2 Å². The van der Waals surface area contributed by atoms with E-state index in [-0.39, 0.29) is 0 Å². The Balaban J connectivity index is 0.000000116. The first-order chi connectivity index (χ1) is 35.6. The number of aromatic nitrogens is 4. The van der Waals surface area contributed by atoms with Crippen LogP contribution in [-0.4, -0.2) is 18.3 Å². The van der Waals surface area contributed by atoms with E-state index in [0.29, 0.717) is 0 Å². The molecule has 10 aromatic carbocycles. The molecule has 14 rings (SSSR count). The Kier molecular flexibility index (Phi) is 15.2. The van der Waals surface area contributed by atoms with Crippen LogP contribution in [0.15, 0.2) is 218 Å². The van der Waals surface area contributed by atoms with E-state index in [2.05, 4.69) is 264 Å². The molecule has 4 nitrogen and oxygen atoms in total. The summed E-state index contributed by atoms with van der Waals surface area (Å²) in [6.07, 6.45) is 0. The molecule has 0 saturated heterocycles. The van der Waals surface area contributed by atoms with E-state index in [1.165, 1.54) is 109 Å². The molecule has 4 heteroatoms. The van der Waals surface area contributed by atoms with Gasteiger partial charge in [0.05, 0.1) is 5.52 Å². The largest absolute Gasteiger partial charge is 0.341 e. The lowest BCUT2D eigenvalue weighted by molar-refractivity contribution is 0.827. The standard InChI is InChI=1S/2C18H15N.2C14H13N.2C2H6/c1-2-19-17-10-6-5-9-15(17)16-11-13-7-3-4-8-14(13)12-18(16)19;1-2-19-17-10-6-5-9-15(17)16-12-11-13-7-3-4-8-14(13)18(16)19;2*1-2-15-13-9-5-3-7-11(13)12-8-4-6-10-14(12)15;2*1-2/h2*3-12H,2H2,1H3;2*3-10H,2H2,1H3;2*1-2H3. The fourth-order valence-electron chi connectivity index (χ4n) is 10.9. The van der Waals surface area contributed by atoms with Crippen molar-refractivity contribution in [1.29, 1.82) is 0 Å². The van der Waals surface area contributed by atoms with Crippen molar-refractivity contribution >= 4 is 109 Å². The third kappa shape index (κ3) is 8.87. The molecule has 0 radical (unpaired) electrons. The number of rotatable bonds is 4. The molecule has 0 aliphatic carbocycles. The first-order valence-electron chi connectivity index (χ1n) is 26.3. The second-order valence-electron chi connectivity index (χ2n) is 17.5. The number of para-hydroxylation sites is 6. The lowest BCUT2D eigenvalue weighted by Crippen LogP contribution is -1.93. The number of aryl methyl sites for hydroxylation is 4. The SMILES string of the molecule is CC.CC.CCn1c2ccccc2c2cc3ccccc3cc21.CCn1c2ccccc2c2ccc3ccccc3c21.CCn1c2ccccc2c2ccccc21.CCn1c2ccccc2c2ccccc21. The topological polar surface area (TPSA) is 19.7 Å². The minimum absolute atomic E-state index is 0.998. The molecule has 0 spiro atoms. The van der Waals surface area contributed by atoms with Crippen LogP contribution in [0.1, 0.15) is 55.4 Å². The zero-order valence-corrected chi connectivity index (χ0v) is 43.4. The zero-order chi connectivity index (χ0) is 50.1. The van der Waals surface area contributed by atoms with Crippen molar-refractivity contribution in [2.75, 3.05) is 0 Å². The summed E-state index contributed by atoms with van der Waals surface area (Å²) in [4.78, 5) is 0. The number of hydrogen-bond acceptors (Lipinski definition) is 0. The van der Waals surface area contributed by atoms with E-state index >= 15 is 0 Å². The summed E-state index contributed by atoms with van der Waals surface area (Å²) >= 11 is 0. The van der Waals surface area contributed by atoms with Gasteiger partial charge < -0.3 is 18.3 Å². The third-order valence-corrected chi connectivity index (χ3v) is 13.9. The van der Waals surface area contributed by atoms with Gasteiger partial charge in [0.1, 0.15) is 0 Å². The minimum Gasteiger partial charge on any atom is -0.341 e. The maximum Gasteiger partial charge on any atom is 0.0570 e. The molecule has 72 heavy (non-hydrogen) atoms. The van der Waals surface area contributed by atoms with Gasteiger partial charge in [0.2, 0.25) is 0 Å². The highest BCUT2D eigenvalue weighted by Gasteiger charge is 2.13. The van der Waals surface area contributed by atoms with Crippen LogP contribution in [0.2, 0.25) is 0 Å². The molecule has 360 valence electrons. The van der Waals surface area contributed by atoms with Gasteiger partial charge in [-0.3, -0.25) is 0 Å². The Morgan fingerprint density at radius 3 is 0.889 bits per heavy atom. The Labute approximate surface area is 425 Å². The Bertz CT molecular complexity index is 3860. The highest BCUT2D eigenvalue weighted by molar-refractivity contribution is 6.18. The van der Waals surface area contributed by atoms with Crippen LogP contribution in [0.25, 0.3) is 109 Å². The van der Waals surface area contributed by atoms with Crippen LogP contribution in [0.5, 0.6) is 0 Å². The van der Waals surface area contributed by atoms with Crippen molar-refractivity contribution in [2.24, 2.45) is 0 Å². The maximum absolute atomic E-state index is 2.42. The monoisotopic (exact) mass is 941 g/mol. The van der Waals surface area contributed by atoms with Crippen molar-refractivity contribution < 1.29 is 0 Å². The van der Waals surface area contributed by atoms with E-state index in [1.807, 2.05) is 27.7 Å². The molecule has 0 saturated carbocycles. The van der Waals surface area contributed by atoms with Crippen LogP contribution in [0.4, 0.5) is 0 Å². The normalized spacial score (nSPS) is 11.0. The molecule has 0 atom stereocenters. The van der Waals surface area contributed by atoms with Crippen LogP contribution in [0, 0.1) is 0 Å². The molecular formula is C68H68N4. The summed E-state index contributed by atoms with van der Waals surface area (Å²) in [5.74, 6) is 0. The van der Waals surface area contributed by atoms with Gasteiger partial charge >= 0.3 is 0 Å². The molecule has 0 N–H and O–H groups in total. The molecule has 4 aromatic heterocycles. The quantitative estimate of drug-likeness (QED) is 0.168. The fraction of sp³-hybridized carbons (Fsp3) is 0.176. The highest BCUT2D eigenvalue weighted by atomic mass is 15.0. The average molecular weight is 941 g/mol. The summed E-state index contributed by atoms with van der Waals surface area (Å²) in [6, 6.07) is 78.1. The molecule has 14 aromatic rings. The van der Waals surface area contributed by atoms with E-state index in [4.69, 9.17) is 0 Å². The fourth-order valence-corrected chi connectivity index (χ4v) is 10.9. The zero-order valence-electron chi connectivity index (χ0n) is 43.4. The molecule has 0 unspecified atom stereocenters. The Morgan fingerprint density at radius 2 is 0.500 bits per heavy atom. The van der Waals surface area contributed by atoms with Gasteiger partial charge in [0.25, 0.3) is 0 Å². The van der Waals surface area contributed by atoms with Crippen molar-refractivity contribution in [3.8, 4) is 0 Å². The average Bonchev–Trinajstić information content (AvgIpc) is 4.18. The van der Waals surface area contributed by atoms with Gasteiger partial charge in [-0.05, 0) is 92.4 Å². The summed E-state index contributed by atoms with van der Waals surface area (Å²) in [5, 5.41) is 16.1. The van der Waals surface area contributed by atoms with Crippen molar-refractivity contribution in [1.82, 2.24) is 18.3 Å². The summed E-state index contributed by atoms with van der Waals surface area (Å²) in [5.41, 5.74) is 10.7. The van der Waals surface area contributed by atoms with Crippen molar-refractivity contribution in [3.05, 3.63) is 218 Å². The van der Waals surface area contributed by atoms with E-state index in [0.717, 1.165) is 26.2 Å². The Hall–Kier alpha value is -8.08. The lowest BCUT2D eigenvalue weighted by Gasteiger charge is -2.06. The predicted octanol–water partition coefficient (Wildman–Crippen LogP) is 19.6.